The first-order chi connectivity index (χ1) is 8.69. The van der Waals surface area contributed by atoms with E-state index in [9.17, 15) is 0 Å². The van der Waals surface area contributed by atoms with Crippen molar-refractivity contribution in [2.24, 2.45) is 11.8 Å². The van der Waals surface area contributed by atoms with Gasteiger partial charge in [-0.1, -0.05) is 47.5 Å². The van der Waals surface area contributed by atoms with Crippen LogP contribution in [0.4, 0.5) is 0 Å². The highest BCUT2D eigenvalue weighted by molar-refractivity contribution is 6.30. The summed E-state index contributed by atoms with van der Waals surface area (Å²) in [6, 6.07) is 0. The molecule has 0 amide bonds. The average molecular weight is 287 g/mol. The van der Waals surface area contributed by atoms with Gasteiger partial charge < -0.3 is 9.47 Å². The Morgan fingerprint density at radius 2 is 1.22 bits per heavy atom. The fourth-order valence-electron chi connectivity index (χ4n) is 2.51. The Bertz CT molecular complexity index is 384. The minimum atomic E-state index is -0.147. The van der Waals surface area contributed by atoms with Crippen LogP contribution in [0.2, 0.25) is 0 Å². The second-order valence-electron chi connectivity index (χ2n) is 4.34. The second-order valence-corrected chi connectivity index (χ2v) is 5.21. The van der Waals surface area contributed by atoms with Crippen molar-refractivity contribution in [2.45, 2.75) is 12.2 Å². The van der Waals surface area contributed by atoms with Gasteiger partial charge in [0.25, 0.3) is 0 Å². The van der Waals surface area contributed by atoms with Gasteiger partial charge in [-0.15, -0.1) is 0 Å². The van der Waals surface area contributed by atoms with Gasteiger partial charge in [-0.05, 0) is 12.2 Å². The molecule has 0 fully saturated rings. The molecule has 4 atom stereocenters. The molecule has 0 radical (unpaired) electrons. The molecule has 2 rings (SSSR count). The lowest BCUT2D eigenvalue weighted by Gasteiger charge is -2.35. The second kappa shape index (κ2) is 6.07. The number of allylic oxidation sites excluding steroid dienone is 4. The summed E-state index contributed by atoms with van der Waals surface area (Å²) in [5.74, 6) is 0.243. The third-order valence-corrected chi connectivity index (χ3v) is 4.05. The van der Waals surface area contributed by atoms with E-state index in [0.29, 0.717) is 10.1 Å². The molecule has 4 heteroatoms. The van der Waals surface area contributed by atoms with Crippen molar-refractivity contribution in [3.05, 3.63) is 46.5 Å². The Morgan fingerprint density at radius 1 is 0.833 bits per heavy atom. The zero-order valence-corrected chi connectivity index (χ0v) is 11.9. The molecule has 0 saturated carbocycles. The first-order valence-electron chi connectivity index (χ1n) is 5.82. The van der Waals surface area contributed by atoms with Crippen molar-refractivity contribution in [2.75, 3.05) is 14.2 Å². The van der Waals surface area contributed by atoms with Gasteiger partial charge in [0, 0.05) is 36.1 Å². The Morgan fingerprint density at radius 3 is 1.56 bits per heavy atom. The van der Waals surface area contributed by atoms with Gasteiger partial charge in [0.15, 0.2) is 0 Å². The van der Waals surface area contributed by atoms with E-state index in [1.54, 1.807) is 14.2 Å². The van der Waals surface area contributed by atoms with Crippen molar-refractivity contribution in [3.8, 4) is 0 Å². The van der Waals surface area contributed by atoms with E-state index in [1.165, 1.54) is 0 Å². The topological polar surface area (TPSA) is 18.5 Å². The average Bonchev–Trinajstić information content (AvgIpc) is 2.38. The van der Waals surface area contributed by atoms with Gasteiger partial charge in [0.05, 0.1) is 12.2 Å². The number of halogens is 2. The molecule has 98 valence electrons. The van der Waals surface area contributed by atoms with Crippen LogP contribution in [0.25, 0.3) is 0 Å². The number of hydrogen-bond donors (Lipinski definition) is 0. The largest absolute Gasteiger partial charge is 0.375 e. The van der Waals surface area contributed by atoms with Crippen molar-refractivity contribution in [1.29, 1.82) is 0 Å². The molecular formula is C14H16Cl2O2. The zero-order chi connectivity index (χ0) is 13.1. The summed E-state index contributed by atoms with van der Waals surface area (Å²) >= 11 is 12.4. The summed E-state index contributed by atoms with van der Waals surface area (Å²) in [6.07, 6.45) is 11.5. The molecule has 0 spiro atoms. The lowest BCUT2D eigenvalue weighted by atomic mass is 9.79. The zero-order valence-electron chi connectivity index (χ0n) is 10.3. The van der Waals surface area contributed by atoms with Crippen LogP contribution >= 0.6 is 23.2 Å². The summed E-state index contributed by atoms with van der Waals surface area (Å²) in [7, 11) is 3.33. The Balaban J connectivity index is 2.25. The highest BCUT2D eigenvalue weighted by Crippen LogP contribution is 2.37. The van der Waals surface area contributed by atoms with Crippen molar-refractivity contribution in [3.63, 3.8) is 0 Å². The van der Waals surface area contributed by atoms with E-state index in [1.807, 2.05) is 24.3 Å². The predicted octanol–water partition coefficient (Wildman–Crippen LogP) is 3.63. The summed E-state index contributed by atoms with van der Waals surface area (Å²) in [5.41, 5.74) is 0. The highest BCUT2D eigenvalue weighted by Gasteiger charge is 2.36. The maximum absolute atomic E-state index is 6.20. The molecule has 0 heterocycles. The molecule has 0 aromatic carbocycles. The molecular weight excluding hydrogens is 271 g/mol. The molecule has 0 aliphatic heterocycles. The van der Waals surface area contributed by atoms with Crippen molar-refractivity contribution < 1.29 is 9.47 Å². The molecule has 2 aliphatic rings. The van der Waals surface area contributed by atoms with E-state index in [4.69, 9.17) is 32.7 Å². The lowest BCUT2D eigenvalue weighted by Crippen LogP contribution is -2.37. The summed E-state index contributed by atoms with van der Waals surface area (Å²) in [4.78, 5) is 0. The first-order valence-corrected chi connectivity index (χ1v) is 6.58. The van der Waals surface area contributed by atoms with Crippen molar-refractivity contribution in [1.82, 2.24) is 0 Å². The van der Waals surface area contributed by atoms with E-state index < -0.39 is 0 Å². The molecule has 2 nitrogen and oxygen atoms in total. The van der Waals surface area contributed by atoms with Crippen LogP contribution in [0.3, 0.4) is 0 Å². The fraction of sp³-hybridized carbons (Fsp3) is 0.429. The molecule has 0 aromatic heterocycles. The number of methoxy groups -OCH3 is 2. The number of hydrogen-bond acceptors (Lipinski definition) is 2. The van der Waals surface area contributed by atoms with E-state index in [0.717, 1.165) is 0 Å². The SMILES string of the molecule is COC1C(Cl)=CC=CC1C1C=CC=C(Cl)[C@@H]1OC. The van der Waals surface area contributed by atoms with Crippen LogP contribution in [-0.4, -0.2) is 26.4 Å². The lowest BCUT2D eigenvalue weighted by molar-refractivity contribution is 0.0343. The van der Waals surface area contributed by atoms with Crippen LogP contribution in [-0.2, 0) is 9.47 Å². The number of ether oxygens (including phenoxy) is 2. The Kier molecular flexibility index (Phi) is 4.68. The minimum Gasteiger partial charge on any atom is -0.375 e. The third-order valence-electron chi connectivity index (χ3n) is 3.37. The van der Waals surface area contributed by atoms with E-state index in [2.05, 4.69) is 12.2 Å². The summed E-state index contributed by atoms with van der Waals surface area (Å²) in [6.45, 7) is 0. The van der Waals surface area contributed by atoms with Gasteiger partial charge in [-0.2, -0.15) is 0 Å². The Hall–Kier alpha value is -0.540. The van der Waals surface area contributed by atoms with Gasteiger partial charge in [-0.25, -0.2) is 0 Å². The third kappa shape index (κ3) is 2.57. The van der Waals surface area contributed by atoms with Crippen molar-refractivity contribution >= 4 is 23.2 Å². The molecule has 18 heavy (non-hydrogen) atoms. The predicted molar refractivity (Wildman–Crippen MR) is 74.7 cm³/mol. The molecule has 0 N–H and O–H groups in total. The van der Waals surface area contributed by atoms with Crippen LogP contribution in [0.5, 0.6) is 0 Å². The van der Waals surface area contributed by atoms with Gasteiger partial charge in [-0.3, -0.25) is 0 Å². The monoisotopic (exact) mass is 286 g/mol. The smallest absolute Gasteiger partial charge is 0.0995 e. The summed E-state index contributed by atoms with van der Waals surface area (Å²) in [5, 5.41) is 1.41. The Labute approximate surface area is 118 Å². The maximum atomic E-state index is 6.20. The standard InChI is InChI=1S/C14H16Cl2O2/c1-17-13-9(5-3-7-11(13)15)10-6-4-8-12(16)14(10)18-2/h3-10,13-14H,1-2H3/t9?,10?,13-,14?/m1/s1. The minimum absolute atomic E-state index is 0.121. The maximum Gasteiger partial charge on any atom is 0.0995 e. The van der Waals surface area contributed by atoms with Gasteiger partial charge in [0.1, 0.15) is 0 Å². The number of rotatable bonds is 3. The first kappa shape index (κ1) is 13.9. The van der Waals surface area contributed by atoms with Crippen LogP contribution in [0.15, 0.2) is 46.5 Å². The summed E-state index contributed by atoms with van der Waals surface area (Å²) < 4.78 is 11.0. The quantitative estimate of drug-likeness (QED) is 0.789. The van der Waals surface area contributed by atoms with Crippen LogP contribution in [0.1, 0.15) is 0 Å². The van der Waals surface area contributed by atoms with Crippen LogP contribution in [0, 0.1) is 11.8 Å². The van der Waals surface area contributed by atoms with E-state index in [-0.39, 0.29) is 24.0 Å². The highest BCUT2D eigenvalue weighted by atomic mass is 35.5. The molecule has 3 unspecified atom stereocenters. The normalized spacial score (nSPS) is 35.3. The van der Waals surface area contributed by atoms with Gasteiger partial charge in [0.2, 0.25) is 0 Å². The molecule has 2 aliphatic carbocycles. The van der Waals surface area contributed by atoms with E-state index >= 15 is 0 Å². The fourth-order valence-corrected chi connectivity index (χ4v) is 3.13. The molecule has 0 aromatic rings. The molecule has 0 bridgehead atoms. The van der Waals surface area contributed by atoms with Crippen LogP contribution < -0.4 is 0 Å². The van der Waals surface area contributed by atoms with Gasteiger partial charge >= 0.3 is 0 Å². The molecule has 0 saturated heterocycles.